The first-order chi connectivity index (χ1) is 16.9. The van der Waals surface area contributed by atoms with Gasteiger partial charge in [-0.1, -0.05) is 31.7 Å². The maximum Gasteiger partial charge on any atom is 0.258 e. The van der Waals surface area contributed by atoms with Gasteiger partial charge in [-0.05, 0) is 42.5 Å². The second-order valence-electron chi connectivity index (χ2n) is 7.94. The van der Waals surface area contributed by atoms with Gasteiger partial charge in [0.2, 0.25) is 18.6 Å². The molecule has 0 unspecified atom stereocenters. The zero-order valence-electron chi connectivity index (χ0n) is 19.2. The molecule has 0 spiro atoms. The quantitative estimate of drug-likeness (QED) is 0.399. The van der Waals surface area contributed by atoms with Crippen LogP contribution >= 0.6 is 11.8 Å². The summed E-state index contributed by atoms with van der Waals surface area (Å²) in [6.45, 7) is 3.76. The van der Waals surface area contributed by atoms with Crippen molar-refractivity contribution >= 4 is 46.5 Å². The standard InChI is InChI=1S/C25H24N4O5S/c1-15(2)23(31)28-16-5-3-6-17(11-16)29-24(32)19-7-4-10-26-25(19)35-13-22(30)27-18-8-9-20-21(12-18)34-14-33-20/h3-12,15H,13-14H2,1-2H3,(H,27,30)(H,28,31)(H,29,32). The second kappa shape index (κ2) is 10.9. The number of hydrogen-bond donors (Lipinski definition) is 3. The first-order valence-electron chi connectivity index (χ1n) is 10.9. The molecule has 180 valence electrons. The minimum atomic E-state index is -0.371. The summed E-state index contributed by atoms with van der Waals surface area (Å²) >= 11 is 1.16. The lowest BCUT2D eigenvalue weighted by atomic mass is 10.2. The molecule has 2 aromatic carbocycles. The number of fused-ring (bicyclic) bond motifs is 1. The van der Waals surface area contributed by atoms with Gasteiger partial charge in [0.1, 0.15) is 5.03 Å². The van der Waals surface area contributed by atoms with Crippen molar-refractivity contribution in [2.75, 3.05) is 28.5 Å². The average molecular weight is 493 g/mol. The number of pyridine rings is 1. The number of nitrogens with one attached hydrogen (secondary N) is 3. The topological polar surface area (TPSA) is 119 Å². The fourth-order valence-electron chi connectivity index (χ4n) is 3.14. The first kappa shape index (κ1) is 24.1. The van der Waals surface area contributed by atoms with E-state index in [2.05, 4.69) is 20.9 Å². The van der Waals surface area contributed by atoms with E-state index in [1.165, 1.54) is 0 Å². The highest BCUT2D eigenvalue weighted by atomic mass is 32.2. The minimum absolute atomic E-state index is 0.0580. The van der Waals surface area contributed by atoms with Crippen LogP contribution in [0, 0.1) is 5.92 Å². The van der Waals surface area contributed by atoms with Crippen molar-refractivity contribution in [1.29, 1.82) is 0 Å². The fraction of sp³-hybridized carbons (Fsp3) is 0.200. The SMILES string of the molecule is CC(C)C(=O)Nc1cccc(NC(=O)c2cccnc2SCC(=O)Nc2ccc3c(c2)OCO3)c1. The number of ether oxygens (including phenoxy) is 2. The molecular weight excluding hydrogens is 468 g/mol. The van der Waals surface area contributed by atoms with Crippen LogP contribution in [0.1, 0.15) is 24.2 Å². The molecule has 0 atom stereocenters. The summed E-state index contributed by atoms with van der Waals surface area (Å²) in [6.07, 6.45) is 1.57. The average Bonchev–Trinajstić information content (AvgIpc) is 3.31. The Morgan fingerprint density at radius 2 is 1.66 bits per heavy atom. The number of rotatable bonds is 8. The Labute approximate surface area is 206 Å². The number of nitrogens with zero attached hydrogens (tertiary/aromatic N) is 1. The third-order valence-electron chi connectivity index (χ3n) is 4.92. The van der Waals surface area contributed by atoms with Crippen LogP contribution in [0.25, 0.3) is 0 Å². The monoisotopic (exact) mass is 492 g/mol. The second-order valence-corrected chi connectivity index (χ2v) is 8.90. The first-order valence-corrected chi connectivity index (χ1v) is 11.9. The van der Waals surface area contributed by atoms with E-state index >= 15 is 0 Å². The van der Waals surface area contributed by atoms with Gasteiger partial charge in [0, 0.05) is 35.2 Å². The Morgan fingerprint density at radius 1 is 0.914 bits per heavy atom. The Bertz CT molecular complexity index is 1260. The summed E-state index contributed by atoms with van der Waals surface area (Å²) in [5.41, 5.74) is 2.03. The molecule has 0 saturated carbocycles. The van der Waals surface area contributed by atoms with Gasteiger partial charge in [-0.2, -0.15) is 0 Å². The van der Waals surface area contributed by atoms with Crippen LogP contribution in [-0.2, 0) is 9.59 Å². The lowest BCUT2D eigenvalue weighted by Crippen LogP contribution is -2.18. The molecule has 1 aliphatic heterocycles. The zero-order chi connectivity index (χ0) is 24.8. The van der Waals surface area contributed by atoms with E-state index in [0.717, 1.165) is 11.8 Å². The Kier molecular flexibility index (Phi) is 7.51. The van der Waals surface area contributed by atoms with E-state index in [-0.39, 0.29) is 36.2 Å². The van der Waals surface area contributed by atoms with Gasteiger partial charge in [-0.25, -0.2) is 4.98 Å². The summed E-state index contributed by atoms with van der Waals surface area (Å²) in [4.78, 5) is 41.6. The van der Waals surface area contributed by atoms with Gasteiger partial charge >= 0.3 is 0 Å². The maximum absolute atomic E-state index is 12.9. The van der Waals surface area contributed by atoms with E-state index in [9.17, 15) is 14.4 Å². The summed E-state index contributed by atoms with van der Waals surface area (Å²) in [5.74, 6) is 0.372. The predicted octanol–water partition coefficient (Wildman–Crippen LogP) is 4.39. The van der Waals surface area contributed by atoms with Gasteiger partial charge in [0.25, 0.3) is 5.91 Å². The highest BCUT2D eigenvalue weighted by Crippen LogP contribution is 2.34. The van der Waals surface area contributed by atoms with E-state index in [0.29, 0.717) is 39.2 Å². The number of anilines is 3. The number of amides is 3. The van der Waals surface area contributed by atoms with Crippen LogP contribution in [0.4, 0.5) is 17.1 Å². The number of aromatic nitrogens is 1. The Balaban J connectivity index is 1.37. The lowest BCUT2D eigenvalue weighted by molar-refractivity contribution is -0.119. The van der Waals surface area contributed by atoms with E-state index < -0.39 is 0 Å². The normalized spacial score (nSPS) is 11.7. The molecule has 9 nitrogen and oxygen atoms in total. The summed E-state index contributed by atoms with van der Waals surface area (Å²) in [7, 11) is 0. The number of hydrogen-bond acceptors (Lipinski definition) is 7. The van der Waals surface area contributed by atoms with E-state index in [1.54, 1.807) is 74.6 Å². The molecule has 4 rings (SSSR count). The van der Waals surface area contributed by atoms with Crippen LogP contribution in [-0.4, -0.2) is 35.3 Å². The van der Waals surface area contributed by atoms with Crippen molar-refractivity contribution in [3.63, 3.8) is 0 Å². The number of carbonyl (C=O) groups excluding carboxylic acids is 3. The van der Waals surface area contributed by atoms with E-state index in [4.69, 9.17) is 9.47 Å². The number of carbonyl (C=O) groups is 3. The summed E-state index contributed by atoms with van der Waals surface area (Å²) in [6, 6.07) is 15.4. The molecule has 10 heteroatoms. The number of thioether (sulfide) groups is 1. The van der Waals surface area contributed by atoms with Crippen molar-refractivity contribution in [2.45, 2.75) is 18.9 Å². The molecule has 0 saturated heterocycles. The zero-order valence-corrected chi connectivity index (χ0v) is 20.0. The molecule has 3 N–H and O–H groups in total. The minimum Gasteiger partial charge on any atom is -0.454 e. The molecule has 0 fully saturated rings. The van der Waals surface area contributed by atoms with Gasteiger partial charge in [0.15, 0.2) is 11.5 Å². The van der Waals surface area contributed by atoms with Crippen LogP contribution in [0.5, 0.6) is 11.5 Å². The molecular formula is C25H24N4O5S. The molecule has 2 heterocycles. The van der Waals surface area contributed by atoms with Gasteiger partial charge in [-0.3, -0.25) is 14.4 Å². The largest absolute Gasteiger partial charge is 0.454 e. The van der Waals surface area contributed by atoms with Gasteiger partial charge in [-0.15, -0.1) is 0 Å². The van der Waals surface area contributed by atoms with Crippen molar-refractivity contribution in [3.8, 4) is 11.5 Å². The fourth-order valence-corrected chi connectivity index (χ4v) is 3.94. The Hall–Kier alpha value is -4.05. The van der Waals surface area contributed by atoms with Crippen molar-refractivity contribution in [1.82, 2.24) is 4.98 Å². The molecule has 1 aliphatic rings. The molecule has 0 bridgehead atoms. The Morgan fingerprint density at radius 3 is 2.46 bits per heavy atom. The predicted molar refractivity (Wildman–Crippen MR) is 134 cm³/mol. The van der Waals surface area contributed by atoms with Crippen LogP contribution in [0.15, 0.2) is 65.8 Å². The van der Waals surface area contributed by atoms with Gasteiger partial charge < -0.3 is 25.4 Å². The van der Waals surface area contributed by atoms with Gasteiger partial charge in [0.05, 0.1) is 11.3 Å². The molecule has 0 aliphatic carbocycles. The smallest absolute Gasteiger partial charge is 0.258 e. The highest BCUT2D eigenvalue weighted by Gasteiger charge is 2.17. The van der Waals surface area contributed by atoms with Crippen molar-refractivity contribution in [2.24, 2.45) is 5.92 Å². The molecule has 1 aromatic heterocycles. The molecule has 35 heavy (non-hydrogen) atoms. The number of benzene rings is 2. The van der Waals surface area contributed by atoms with E-state index in [1.807, 2.05) is 0 Å². The molecule has 0 radical (unpaired) electrons. The highest BCUT2D eigenvalue weighted by molar-refractivity contribution is 8.00. The summed E-state index contributed by atoms with van der Waals surface area (Å²) < 4.78 is 10.6. The maximum atomic E-state index is 12.9. The van der Waals surface area contributed by atoms with Crippen molar-refractivity contribution < 1.29 is 23.9 Å². The lowest BCUT2D eigenvalue weighted by Gasteiger charge is -2.12. The summed E-state index contributed by atoms with van der Waals surface area (Å²) in [5, 5.41) is 8.86. The van der Waals surface area contributed by atoms with Crippen molar-refractivity contribution in [3.05, 3.63) is 66.4 Å². The third kappa shape index (κ3) is 6.30. The molecule has 3 amide bonds. The van der Waals surface area contributed by atoms with Crippen LogP contribution in [0.3, 0.4) is 0 Å². The molecule has 3 aromatic rings. The van der Waals surface area contributed by atoms with Crippen LogP contribution < -0.4 is 25.4 Å². The third-order valence-corrected chi connectivity index (χ3v) is 5.93. The van der Waals surface area contributed by atoms with Crippen LogP contribution in [0.2, 0.25) is 0 Å².